The Bertz CT molecular complexity index is 781. The van der Waals surface area contributed by atoms with E-state index in [2.05, 4.69) is 0 Å². The summed E-state index contributed by atoms with van der Waals surface area (Å²) in [7, 11) is 4.17. The van der Waals surface area contributed by atoms with Gasteiger partial charge in [0.15, 0.2) is 0 Å². The normalized spacial score (nSPS) is 11.6. The molecule has 2 aromatic carbocycles. The average Bonchev–Trinajstić information content (AvgIpc) is 2.64. The number of hydrogen-bond acceptors (Lipinski definition) is 5. The summed E-state index contributed by atoms with van der Waals surface area (Å²) >= 11 is -3.37. The van der Waals surface area contributed by atoms with Crippen molar-refractivity contribution in [2.75, 3.05) is 21.3 Å². The maximum absolute atomic E-state index is 12.9. The predicted octanol–water partition coefficient (Wildman–Crippen LogP) is 4.59. The van der Waals surface area contributed by atoms with Crippen molar-refractivity contribution >= 4 is 26.2 Å². The Hall–Kier alpha value is -2.17. The molecule has 0 radical (unpaired) electrons. The van der Waals surface area contributed by atoms with Crippen molar-refractivity contribution in [3.05, 3.63) is 49.1 Å². The van der Waals surface area contributed by atoms with Crippen molar-refractivity contribution in [3.8, 4) is 17.2 Å². The van der Waals surface area contributed by atoms with Crippen LogP contribution < -0.4 is 14.2 Å². The van der Waals surface area contributed by atoms with Gasteiger partial charge in [0.05, 0.1) is 0 Å². The number of carbonyl (C=O) groups is 1. The minimum atomic E-state index is -5.10. The molecule has 0 aliphatic rings. The van der Waals surface area contributed by atoms with Crippen LogP contribution in [-0.4, -0.2) is 33.5 Å². The summed E-state index contributed by atoms with van der Waals surface area (Å²) in [6.45, 7) is 1.85. The van der Waals surface area contributed by atoms with Crippen LogP contribution >= 0.6 is 20.2 Å². The van der Waals surface area contributed by atoms with Gasteiger partial charge in [-0.15, -0.1) is 0 Å². The van der Waals surface area contributed by atoms with E-state index < -0.39 is 32.4 Å². The summed E-state index contributed by atoms with van der Waals surface area (Å²) < 4.78 is 60.2. The van der Waals surface area contributed by atoms with Crippen LogP contribution in [0.2, 0.25) is 0 Å². The summed E-state index contributed by atoms with van der Waals surface area (Å²) in [5.74, 6) is -1.39. The summed E-state index contributed by atoms with van der Waals surface area (Å²) in [4.78, 5) is 11.6. The standard InChI is InChI=1S/C18H18F3IO5/c1-11-5-7-12(8-6-11)22(27-17(23)18(19,20)21)16-14(25-3)9-13(24-2)10-15(16)26-4/h5-10H,1-4H3. The van der Waals surface area contributed by atoms with Gasteiger partial charge in [0, 0.05) is 0 Å². The number of methoxy groups -OCH3 is 3. The minimum absolute atomic E-state index is 0.229. The molecule has 0 atom stereocenters. The van der Waals surface area contributed by atoms with Crippen molar-refractivity contribution in [3.63, 3.8) is 0 Å². The van der Waals surface area contributed by atoms with E-state index in [9.17, 15) is 18.0 Å². The van der Waals surface area contributed by atoms with Gasteiger partial charge < -0.3 is 0 Å². The molecule has 0 aliphatic heterocycles. The molecule has 0 unspecified atom stereocenters. The molecule has 0 saturated heterocycles. The van der Waals surface area contributed by atoms with E-state index in [1.54, 1.807) is 24.3 Å². The Balaban J connectivity index is 2.66. The molecule has 148 valence electrons. The second-order valence-electron chi connectivity index (χ2n) is 5.25. The van der Waals surface area contributed by atoms with Crippen molar-refractivity contribution in [1.29, 1.82) is 0 Å². The van der Waals surface area contributed by atoms with Crippen LogP contribution in [0.1, 0.15) is 5.56 Å². The van der Waals surface area contributed by atoms with E-state index in [4.69, 9.17) is 17.3 Å². The summed E-state index contributed by atoms with van der Waals surface area (Å²) in [6.07, 6.45) is -5.10. The van der Waals surface area contributed by atoms with E-state index in [0.717, 1.165) is 5.56 Å². The molecule has 2 rings (SSSR count). The van der Waals surface area contributed by atoms with Gasteiger partial charge in [0.2, 0.25) is 0 Å². The molecule has 9 heteroatoms. The van der Waals surface area contributed by atoms with Gasteiger partial charge in [0.25, 0.3) is 0 Å². The molecule has 0 spiro atoms. The van der Waals surface area contributed by atoms with E-state index in [1.165, 1.54) is 33.5 Å². The molecule has 0 aliphatic carbocycles. The van der Waals surface area contributed by atoms with Gasteiger partial charge in [0.1, 0.15) is 0 Å². The summed E-state index contributed by atoms with van der Waals surface area (Å²) in [5, 5.41) is 0. The number of carbonyl (C=O) groups excluding carboxylic acids is 1. The van der Waals surface area contributed by atoms with Crippen LogP contribution in [0.15, 0.2) is 36.4 Å². The van der Waals surface area contributed by atoms with Crippen molar-refractivity contribution in [2.24, 2.45) is 0 Å². The number of ether oxygens (including phenoxy) is 3. The first-order chi connectivity index (χ1) is 12.7. The first-order valence-electron chi connectivity index (χ1n) is 7.57. The third-order valence-corrected chi connectivity index (χ3v) is 8.15. The van der Waals surface area contributed by atoms with Crippen molar-refractivity contribution in [1.82, 2.24) is 0 Å². The quantitative estimate of drug-likeness (QED) is 0.546. The van der Waals surface area contributed by atoms with E-state index in [-0.39, 0.29) is 11.5 Å². The zero-order valence-corrected chi connectivity index (χ0v) is 17.2. The molecule has 0 amide bonds. The number of aryl methyl sites for hydroxylation is 1. The number of hydrogen-bond donors (Lipinski definition) is 0. The Morgan fingerprint density at radius 1 is 0.926 bits per heavy atom. The molecule has 27 heavy (non-hydrogen) atoms. The molecular formula is C18H18F3IO5. The third-order valence-electron chi connectivity index (χ3n) is 3.41. The molecule has 5 nitrogen and oxygen atoms in total. The van der Waals surface area contributed by atoms with E-state index in [0.29, 0.717) is 12.9 Å². The van der Waals surface area contributed by atoms with Crippen LogP contribution in [0, 0.1) is 14.1 Å². The molecule has 2 aromatic rings. The van der Waals surface area contributed by atoms with Crippen LogP contribution in [-0.2, 0) is 7.86 Å². The molecule has 0 fully saturated rings. The van der Waals surface area contributed by atoms with Gasteiger partial charge in [-0.25, -0.2) is 0 Å². The Morgan fingerprint density at radius 2 is 1.44 bits per heavy atom. The number of alkyl halides is 3. The summed E-state index contributed by atoms with van der Waals surface area (Å²) in [5.41, 5.74) is 0.922. The number of benzene rings is 2. The fourth-order valence-electron chi connectivity index (χ4n) is 2.09. The fourth-order valence-corrected chi connectivity index (χ4v) is 6.56. The van der Waals surface area contributed by atoms with Crippen LogP contribution in [0.3, 0.4) is 0 Å². The third kappa shape index (κ3) is 4.96. The molecule has 0 bridgehead atoms. The topological polar surface area (TPSA) is 54.0 Å². The van der Waals surface area contributed by atoms with Crippen LogP contribution in [0.4, 0.5) is 13.2 Å². The number of halogens is 4. The van der Waals surface area contributed by atoms with E-state index in [1.807, 2.05) is 6.92 Å². The number of rotatable bonds is 6. The van der Waals surface area contributed by atoms with E-state index >= 15 is 0 Å². The average molecular weight is 498 g/mol. The zero-order valence-electron chi connectivity index (χ0n) is 15.0. The Labute approximate surface area is 162 Å². The molecular weight excluding hydrogens is 480 g/mol. The summed E-state index contributed by atoms with van der Waals surface area (Å²) in [6, 6.07) is 9.79. The fraction of sp³-hybridized carbons (Fsp3) is 0.278. The van der Waals surface area contributed by atoms with Gasteiger partial charge in [-0.2, -0.15) is 0 Å². The second-order valence-corrected chi connectivity index (χ2v) is 9.44. The molecule has 0 heterocycles. The van der Waals surface area contributed by atoms with Gasteiger partial charge in [-0.1, -0.05) is 0 Å². The van der Waals surface area contributed by atoms with Crippen molar-refractivity contribution in [2.45, 2.75) is 13.1 Å². The first kappa shape index (κ1) is 21.1. The molecule has 0 saturated carbocycles. The molecule has 0 aromatic heterocycles. The van der Waals surface area contributed by atoms with Gasteiger partial charge in [-0.3, -0.25) is 0 Å². The van der Waals surface area contributed by atoms with Crippen LogP contribution in [0.25, 0.3) is 0 Å². The second kappa shape index (κ2) is 8.68. The van der Waals surface area contributed by atoms with Crippen LogP contribution in [0.5, 0.6) is 17.2 Å². The zero-order chi connectivity index (χ0) is 20.2. The predicted molar refractivity (Wildman–Crippen MR) is 101 cm³/mol. The SMILES string of the molecule is COc1cc(OC)c(I(OC(=O)C(F)(F)F)c2ccc(C)cc2)c(OC)c1. The van der Waals surface area contributed by atoms with Gasteiger partial charge >= 0.3 is 162 Å². The molecule has 0 N–H and O–H groups in total. The van der Waals surface area contributed by atoms with Gasteiger partial charge in [-0.05, 0) is 0 Å². The Morgan fingerprint density at radius 3 is 1.85 bits per heavy atom. The maximum atomic E-state index is 12.9. The van der Waals surface area contributed by atoms with Crippen molar-refractivity contribution < 1.29 is 35.2 Å². The monoisotopic (exact) mass is 498 g/mol. The Kier molecular flexibility index (Phi) is 6.79. The first-order valence-corrected chi connectivity index (χ1v) is 10.6.